The molecule has 1 saturated heterocycles. The van der Waals surface area contributed by atoms with E-state index in [-0.39, 0.29) is 31.6 Å². The fraction of sp³-hybridized carbons (Fsp3) is 0.522. The molecule has 4 unspecified atom stereocenters. The van der Waals surface area contributed by atoms with Gasteiger partial charge in [-0.05, 0) is 55.4 Å². The maximum atomic E-state index is 13.2. The van der Waals surface area contributed by atoms with E-state index >= 15 is 0 Å². The Morgan fingerprint density at radius 1 is 1.11 bits per heavy atom. The number of aromatic hydroxyl groups is 1. The molecule has 0 saturated carbocycles. The van der Waals surface area contributed by atoms with Crippen molar-refractivity contribution < 1.29 is 39.3 Å². The van der Waals surface area contributed by atoms with E-state index in [0.717, 1.165) is 0 Å². The van der Waals surface area contributed by atoms with Gasteiger partial charge < -0.3 is 36.6 Å². The lowest BCUT2D eigenvalue weighted by Gasteiger charge is -2.29. The first-order valence-corrected chi connectivity index (χ1v) is 12.8. The summed E-state index contributed by atoms with van der Waals surface area (Å²) in [5.41, 5.74) is 6.61. The summed E-state index contributed by atoms with van der Waals surface area (Å²) in [7, 11) is 0. The molecule has 0 spiro atoms. The van der Waals surface area contributed by atoms with Crippen LogP contribution >= 0.6 is 11.8 Å². The lowest BCUT2D eigenvalue weighted by atomic mass is 10.0. The van der Waals surface area contributed by atoms with Crippen LogP contribution in [0.5, 0.6) is 5.75 Å². The summed E-state index contributed by atoms with van der Waals surface area (Å²) in [4.78, 5) is 62.8. The summed E-state index contributed by atoms with van der Waals surface area (Å²) in [6.45, 7) is 0.158. The minimum atomic E-state index is -1.46. The number of carboxylic acid groups (broad SMARTS) is 2. The van der Waals surface area contributed by atoms with E-state index in [4.69, 9.17) is 5.73 Å². The Labute approximate surface area is 212 Å². The van der Waals surface area contributed by atoms with Crippen molar-refractivity contribution in [1.82, 2.24) is 15.5 Å². The number of phenolic OH excluding ortho intramolecular Hbond substituents is 1. The van der Waals surface area contributed by atoms with Crippen molar-refractivity contribution in [2.24, 2.45) is 5.73 Å². The lowest BCUT2D eigenvalue weighted by Crippen LogP contribution is -2.57. The number of nitrogens with two attached hydrogens (primary N) is 1. The first-order valence-electron chi connectivity index (χ1n) is 11.4. The SMILES string of the molecule is CSCCC(NC(=O)C1CCCN1C(=O)C(CC(=O)O)NC(=O)C(N)Cc1ccc(O)cc1)C(=O)O. The van der Waals surface area contributed by atoms with Crippen molar-refractivity contribution in [2.75, 3.05) is 18.6 Å². The molecule has 7 N–H and O–H groups in total. The Morgan fingerprint density at radius 3 is 2.36 bits per heavy atom. The van der Waals surface area contributed by atoms with E-state index in [0.29, 0.717) is 17.7 Å². The number of benzene rings is 1. The van der Waals surface area contributed by atoms with Gasteiger partial charge in [-0.1, -0.05) is 12.1 Å². The molecule has 0 aromatic heterocycles. The van der Waals surface area contributed by atoms with Crippen LogP contribution in [0.25, 0.3) is 0 Å². The number of carbonyl (C=O) groups excluding carboxylic acids is 3. The number of thioether (sulfide) groups is 1. The highest BCUT2D eigenvalue weighted by molar-refractivity contribution is 7.98. The highest BCUT2D eigenvalue weighted by atomic mass is 32.2. The van der Waals surface area contributed by atoms with Crippen LogP contribution in [0.2, 0.25) is 0 Å². The molecule has 1 fully saturated rings. The number of carboxylic acids is 2. The molecule has 1 aliphatic heterocycles. The summed E-state index contributed by atoms with van der Waals surface area (Å²) in [6.07, 6.45) is 2.13. The topological polar surface area (TPSA) is 199 Å². The van der Waals surface area contributed by atoms with Gasteiger partial charge in [-0.15, -0.1) is 0 Å². The van der Waals surface area contributed by atoms with E-state index in [1.165, 1.54) is 28.8 Å². The number of rotatable bonds is 13. The van der Waals surface area contributed by atoms with Gasteiger partial charge in [0, 0.05) is 6.54 Å². The normalized spacial score (nSPS) is 17.6. The molecular weight excluding hydrogens is 492 g/mol. The van der Waals surface area contributed by atoms with Gasteiger partial charge >= 0.3 is 11.9 Å². The maximum Gasteiger partial charge on any atom is 0.326 e. The van der Waals surface area contributed by atoms with Gasteiger partial charge in [0.15, 0.2) is 0 Å². The van der Waals surface area contributed by atoms with Gasteiger partial charge in [-0.2, -0.15) is 11.8 Å². The van der Waals surface area contributed by atoms with E-state index in [1.54, 1.807) is 12.1 Å². The van der Waals surface area contributed by atoms with Crippen LogP contribution in [0.4, 0.5) is 0 Å². The first-order chi connectivity index (χ1) is 17.0. The van der Waals surface area contributed by atoms with Gasteiger partial charge in [-0.25, -0.2) is 4.79 Å². The smallest absolute Gasteiger partial charge is 0.326 e. The van der Waals surface area contributed by atoms with Crippen molar-refractivity contribution in [2.45, 2.75) is 56.3 Å². The summed E-state index contributed by atoms with van der Waals surface area (Å²) in [6, 6.07) is 1.39. The lowest BCUT2D eigenvalue weighted by molar-refractivity contribution is -0.147. The van der Waals surface area contributed by atoms with Crippen molar-refractivity contribution in [3.8, 4) is 5.75 Å². The van der Waals surface area contributed by atoms with Crippen molar-refractivity contribution >= 4 is 41.4 Å². The van der Waals surface area contributed by atoms with Crippen LogP contribution in [-0.2, 0) is 30.4 Å². The molecule has 0 aliphatic carbocycles. The third-order valence-corrected chi connectivity index (χ3v) is 6.43. The second kappa shape index (κ2) is 13.7. The number of nitrogens with one attached hydrogen (secondary N) is 2. The van der Waals surface area contributed by atoms with Crippen molar-refractivity contribution in [3.05, 3.63) is 29.8 Å². The molecule has 1 heterocycles. The molecular formula is C23H32N4O8S. The van der Waals surface area contributed by atoms with Crippen LogP contribution in [0.1, 0.15) is 31.2 Å². The predicted octanol–water partition coefficient (Wildman–Crippen LogP) is -0.465. The van der Waals surface area contributed by atoms with Crippen LogP contribution in [0, 0.1) is 0 Å². The molecule has 3 amide bonds. The number of amides is 3. The fourth-order valence-corrected chi connectivity index (χ4v) is 4.37. The average Bonchev–Trinajstić information content (AvgIpc) is 3.31. The second-order valence-corrected chi connectivity index (χ2v) is 9.49. The van der Waals surface area contributed by atoms with E-state index in [9.17, 15) is 39.3 Å². The van der Waals surface area contributed by atoms with E-state index < -0.39 is 60.2 Å². The zero-order valence-corrected chi connectivity index (χ0v) is 20.7. The third-order valence-electron chi connectivity index (χ3n) is 5.79. The van der Waals surface area contributed by atoms with Crippen LogP contribution in [0.15, 0.2) is 24.3 Å². The summed E-state index contributed by atoms with van der Waals surface area (Å²) in [5, 5.41) is 32.9. The molecule has 2 rings (SSSR count). The van der Waals surface area contributed by atoms with Gasteiger partial charge in [-0.3, -0.25) is 19.2 Å². The largest absolute Gasteiger partial charge is 0.508 e. The van der Waals surface area contributed by atoms with Crippen LogP contribution in [0.3, 0.4) is 0 Å². The number of nitrogens with zero attached hydrogens (tertiary/aromatic N) is 1. The molecule has 36 heavy (non-hydrogen) atoms. The Hall–Kier alpha value is -3.32. The summed E-state index contributed by atoms with van der Waals surface area (Å²) < 4.78 is 0. The zero-order chi connectivity index (χ0) is 26.8. The molecule has 1 aliphatic rings. The number of carbonyl (C=O) groups is 5. The van der Waals surface area contributed by atoms with Gasteiger partial charge in [0.05, 0.1) is 12.5 Å². The Kier molecular flexibility index (Phi) is 11.0. The van der Waals surface area contributed by atoms with Crippen molar-refractivity contribution in [1.29, 1.82) is 0 Å². The number of likely N-dealkylation sites (tertiary alicyclic amines) is 1. The highest BCUT2D eigenvalue weighted by Crippen LogP contribution is 2.20. The molecule has 13 heteroatoms. The Balaban J connectivity index is 2.09. The quantitative estimate of drug-likeness (QED) is 0.196. The molecule has 1 aromatic carbocycles. The van der Waals surface area contributed by atoms with E-state index in [2.05, 4.69) is 10.6 Å². The van der Waals surface area contributed by atoms with Crippen LogP contribution < -0.4 is 16.4 Å². The maximum absolute atomic E-state index is 13.2. The van der Waals surface area contributed by atoms with Crippen molar-refractivity contribution in [3.63, 3.8) is 0 Å². The molecule has 0 bridgehead atoms. The molecule has 4 atom stereocenters. The third kappa shape index (κ3) is 8.41. The summed E-state index contributed by atoms with van der Waals surface area (Å²) >= 11 is 1.43. The number of aliphatic carboxylic acids is 2. The molecule has 12 nitrogen and oxygen atoms in total. The van der Waals surface area contributed by atoms with Gasteiger partial charge in [0.2, 0.25) is 17.7 Å². The monoisotopic (exact) mass is 524 g/mol. The molecule has 198 valence electrons. The van der Waals surface area contributed by atoms with Gasteiger partial charge in [0.1, 0.15) is 23.9 Å². The zero-order valence-electron chi connectivity index (χ0n) is 19.9. The second-order valence-electron chi connectivity index (χ2n) is 8.51. The minimum Gasteiger partial charge on any atom is -0.508 e. The average molecular weight is 525 g/mol. The highest BCUT2D eigenvalue weighted by Gasteiger charge is 2.39. The molecule has 1 aromatic rings. The molecule has 0 radical (unpaired) electrons. The van der Waals surface area contributed by atoms with E-state index in [1.807, 2.05) is 6.26 Å². The standard InChI is InChI=1S/C23H32N4O8S/c1-36-10-8-16(23(34)35)25-21(32)18-3-2-9-27(18)22(33)17(12-19(29)30)26-20(31)15(24)11-13-4-6-14(28)7-5-13/h4-7,15-18,28H,2-3,8-12,24H2,1H3,(H,25,32)(H,26,31)(H,29,30)(H,34,35). The van der Waals surface area contributed by atoms with Crippen LogP contribution in [-0.4, -0.2) is 92.6 Å². The number of hydrogen-bond donors (Lipinski definition) is 6. The Bertz CT molecular complexity index is 958. The summed E-state index contributed by atoms with van der Waals surface area (Å²) in [5.74, 6) is -4.09. The minimum absolute atomic E-state index is 0.0482. The number of phenols is 1. The van der Waals surface area contributed by atoms with Gasteiger partial charge in [0.25, 0.3) is 0 Å². The number of hydrogen-bond acceptors (Lipinski definition) is 8. The fourth-order valence-electron chi connectivity index (χ4n) is 3.90. The first kappa shape index (κ1) is 28.9. The predicted molar refractivity (Wildman–Crippen MR) is 131 cm³/mol. The Morgan fingerprint density at radius 2 is 1.78 bits per heavy atom.